The van der Waals surface area contributed by atoms with E-state index < -0.39 is 59.9 Å². The smallest absolute Gasteiger partial charge is 0.330 e. The van der Waals surface area contributed by atoms with Gasteiger partial charge in [0.15, 0.2) is 0 Å². The third kappa shape index (κ3) is 8.13. The van der Waals surface area contributed by atoms with Crippen molar-refractivity contribution in [3.05, 3.63) is 99.9 Å². The normalized spacial score (nSPS) is 14.0. The third-order valence-electron chi connectivity index (χ3n) is 7.67. The Labute approximate surface area is 258 Å². The van der Waals surface area contributed by atoms with Crippen LogP contribution in [0.1, 0.15) is 71.3 Å². The maximum absolute atomic E-state index is 13.9. The molecule has 2 unspecified atom stereocenters. The van der Waals surface area contributed by atoms with Gasteiger partial charge in [0.2, 0.25) is 0 Å². The Morgan fingerprint density at radius 3 is 1.87 bits per heavy atom. The van der Waals surface area contributed by atoms with Crippen LogP contribution < -0.4 is 4.90 Å². The Balaban J connectivity index is 1.83. The second-order valence-electron chi connectivity index (χ2n) is 10.8. The predicted octanol–water partition coefficient (Wildman–Crippen LogP) is 8.01. The minimum atomic E-state index is -5.09. The highest BCUT2D eigenvalue weighted by Crippen LogP contribution is 2.39. The Bertz CT molecular complexity index is 1580. The monoisotopic (exact) mass is 659 g/mol. The first-order chi connectivity index (χ1) is 21.4. The fraction of sp³-hybridized carbons (Fsp3) is 0.400. The summed E-state index contributed by atoms with van der Waals surface area (Å²) >= 11 is 0. The number of alkyl halides is 9. The lowest BCUT2D eigenvalue weighted by atomic mass is 9.93. The molecule has 0 saturated heterocycles. The zero-order valence-corrected chi connectivity index (χ0v) is 25.1. The van der Waals surface area contributed by atoms with Crippen molar-refractivity contribution in [2.24, 2.45) is 7.05 Å². The van der Waals surface area contributed by atoms with Gasteiger partial charge in [0.25, 0.3) is 5.95 Å². The van der Waals surface area contributed by atoms with E-state index in [-0.39, 0.29) is 23.6 Å². The van der Waals surface area contributed by atoms with Crippen LogP contribution in [-0.2, 0) is 38.7 Å². The summed E-state index contributed by atoms with van der Waals surface area (Å²) in [7, 11) is 3.20. The van der Waals surface area contributed by atoms with Crippen LogP contribution in [0.4, 0.5) is 45.5 Å². The van der Waals surface area contributed by atoms with E-state index in [0.717, 1.165) is 22.5 Å². The molecule has 0 amide bonds. The van der Waals surface area contributed by atoms with Crippen molar-refractivity contribution in [2.45, 2.75) is 64.0 Å². The van der Waals surface area contributed by atoms with E-state index in [1.165, 1.54) is 18.0 Å². The first-order valence-electron chi connectivity index (χ1n) is 14.0. The summed E-state index contributed by atoms with van der Waals surface area (Å²) in [5.74, 6) is -0.205. The van der Waals surface area contributed by atoms with E-state index in [1.807, 2.05) is 37.9 Å². The second kappa shape index (κ2) is 13.3. The van der Waals surface area contributed by atoms with E-state index in [9.17, 15) is 39.5 Å². The number of pyridine rings is 1. The third-order valence-corrected chi connectivity index (χ3v) is 7.67. The minimum absolute atomic E-state index is 0.00493. The van der Waals surface area contributed by atoms with Gasteiger partial charge in [-0.15, -0.1) is 5.10 Å². The van der Waals surface area contributed by atoms with Crippen molar-refractivity contribution in [3.8, 4) is 0 Å². The lowest BCUT2D eigenvalue weighted by Crippen LogP contribution is -2.30. The molecular formula is C30H30F9N7. The van der Waals surface area contributed by atoms with Gasteiger partial charge in [-0.2, -0.15) is 44.3 Å². The number of anilines is 1. The van der Waals surface area contributed by atoms with Gasteiger partial charge in [0.1, 0.15) is 0 Å². The zero-order chi connectivity index (χ0) is 34.0. The number of aromatic nitrogens is 5. The van der Waals surface area contributed by atoms with Crippen molar-refractivity contribution in [2.75, 3.05) is 11.9 Å². The van der Waals surface area contributed by atoms with Crippen molar-refractivity contribution in [1.29, 1.82) is 0 Å². The molecule has 7 nitrogen and oxygen atoms in total. The molecule has 0 spiro atoms. The number of tetrazole rings is 1. The largest absolute Gasteiger partial charge is 0.416 e. The lowest BCUT2D eigenvalue weighted by Gasteiger charge is -2.35. The highest BCUT2D eigenvalue weighted by atomic mass is 19.4. The van der Waals surface area contributed by atoms with Crippen molar-refractivity contribution >= 4 is 5.95 Å². The molecule has 0 radical (unpaired) electrons. The highest BCUT2D eigenvalue weighted by molar-refractivity contribution is 5.42. The van der Waals surface area contributed by atoms with E-state index >= 15 is 0 Å². The maximum Gasteiger partial charge on any atom is 0.416 e. The maximum atomic E-state index is 13.9. The number of benzene rings is 2. The molecule has 0 N–H and O–H groups in total. The molecule has 4 rings (SSSR count). The number of nitrogens with zero attached hydrogens (tertiary/aromatic N) is 7. The molecule has 248 valence electrons. The first kappa shape index (κ1) is 34.7. The summed E-state index contributed by atoms with van der Waals surface area (Å²) < 4.78 is 123. The van der Waals surface area contributed by atoms with Crippen LogP contribution in [-0.4, -0.2) is 37.1 Å². The van der Waals surface area contributed by atoms with E-state index in [4.69, 9.17) is 0 Å². The molecule has 0 aliphatic carbocycles. The van der Waals surface area contributed by atoms with Crippen LogP contribution in [0, 0.1) is 0 Å². The molecule has 16 heteroatoms. The number of rotatable bonds is 10. The molecule has 46 heavy (non-hydrogen) atoms. The van der Waals surface area contributed by atoms with Crippen LogP contribution >= 0.6 is 0 Å². The fourth-order valence-electron chi connectivity index (χ4n) is 5.25. The fourth-order valence-corrected chi connectivity index (χ4v) is 5.25. The van der Waals surface area contributed by atoms with Gasteiger partial charge in [-0.25, -0.2) is 0 Å². The first-order valence-corrected chi connectivity index (χ1v) is 14.0. The Hall–Kier alpha value is -4.21. The molecular weight excluding hydrogens is 629 g/mol. The number of halogens is 9. The molecule has 0 fully saturated rings. The summed E-state index contributed by atoms with van der Waals surface area (Å²) in [6.45, 7) is 2.78. The van der Waals surface area contributed by atoms with Crippen molar-refractivity contribution in [3.63, 3.8) is 0 Å². The molecule has 2 aromatic heterocycles. The van der Waals surface area contributed by atoms with Gasteiger partial charge < -0.3 is 4.90 Å². The summed E-state index contributed by atoms with van der Waals surface area (Å²) in [6.07, 6.45) is -11.2. The van der Waals surface area contributed by atoms with Crippen LogP contribution in [0.5, 0.6) is 0 Å². The SMILES string of the molecule is CCC(c1ccc(C(F)(F)F)cc1CN(Cc1cc(C(F)(F)F)cc(C(F)(F)F)c1)c1nnn(C)n1)N(C)C(C)c1ccncc1. The van der Waals surface area contributed by atoms with Gasteiger partial charge in [-0.1, -0.05) is 18.1 Å². The molecule has 4 aromatic rings. The molecule has 2 aromatic carbocycles. The molecule has 0 aliphatic rings. The molecule has 2 atom stereocenters. The van der Waals surface area contributed by atoms with Gasteiger partial charge in [0, 0.05) is 37.6 Å². The summed E-state index contributed by atoms with van der Waals surface area (Å²) in [4.78, 5) is 8.20. The van der Waals surface area contributed by atoms with Crippen molar-refractivity contribution < 1.29 is 39.5 Å². The number of hydrogen-bond acceptors (Lipinski definition) is 6. The summed E-state index contributed by atoms with van der Waals surface area (Å²) in [5, 5.41) is 11.6. The minimum Gasteiger partial charge on any atom is -0.330 e. The highest BCUT2D eigenvalue weighted by Gasteiger charge is 2.37. The molecule has 0 bridgehead atoms. The summed E-state index contributed by atoms with van der Waals surface area (Å²) in [5.41, 5.74) is -2.92. The number of hydrogen-bond donors (Lipinski definition) is 0. The van der Waals surface area contributed by atoms with E-state index in [2.05, 4.69) is 20.4 Å². The average Bonchev–Trinajstić information content (AvgIpc) is 3.42. The van der Waals surface area contributed by atoms with Gasteiger partial charge in [0.05, 0.1) is 23.7 Å². The van der Waals surface area contributed by atoms with Crippen LogP contribution in [0.2, 0.25) is 0 Å². The van der Waals surface area contributed by atoms with E-state index in [0.29, 0.717) is 24.1 Å². The molecule has 2 heterocycles. The molecule has 0 aliphatic heterocycles. The van der Waals surface area contributed by atoms with Crippen molar-refractivity contribution in [1.82, 2.24) is 30.1 Å². The van der Waals surface area contributed by atoms with Crippen LogP contribution in [0.3, 0.4) is 0 Å². The Kier molecular flexibility index (Phi) is 9.99. The standard InChI is InChI=1S/C30H30F9N7/c1-5-26(44(3)18(2)20-8-10-40-11-9-20)25-7-6-22(28(31,32)33)14-21(25)17-46(27-41-43-45(4)42-27)16-19-12-23(29(34,35)36)15-24(13-19)30(37,38)39/h6-15,18,26H,5,16-17H2,1-4H3. The zero-order valence-electron chi connectivity index (χ0n) is 25.1. The quantitative estimate of drug-likeness (QED) is 0.161. The second-order valence-corrected chi connectivity index (χ2v) is 10.8. The van der Waals surface area contributed by atoms with Crippen LogP contribution in [0.25, 0.3) is 0 Å². The van der Waals surface area contributed by atoms with Crippen LogP contribution in [0.15, 0.2) is 60.9 Å². The predicted molar refractivity (Wildman–Crippen MR) is 150 cm³/mol. The summed E-state index contributed by atoms with van der Waals surface area (Å²) in [6, 6.07) is 7.32. The van der Waals surface area contributed by atoms with Gasteiger partial charge in [-0.05, 0) is 90.3 Å². The van der Waals surface area contributed by atoms with Gasteiger partial charge in [-0.3, -0.25) is 9.88 Å². The Morgan fingerprint density at radius 2 is 1.37 bits per heavy atom. The lowest BCUT2D eigenvalue weighted by molar-refractivity contribution is -0.143. The topological polar surface area (TPSA) is 63.0 Å². The Morgan fingerprint density at radius 1 is 0.783 bits per heavy atom. The number of aryl methyl sites for hydroxylation is 1. The van der Waals surface area contributed by atoms with Gasteiger partial charge >= 0.3 is 18.5 Å². The molecule has 0 saturated carbocycles. The van der Waals surface area contributed by atoms with E-state index in [1.54, 1.807) is 12.4 Å². The average molecular weight is 660 g/mol.